The number of piperazine rings is 1. The van der Waals surface area contributed by atoms with Gasteiger partial charge in [-0.2, -0.15) is 0 Å². The van der Waals surface area contributed by atoms with Gasteiger partial charge in [0.25, 0.3) is 0 Å². The van der Waals surface area contributed by atoms with Gasteiger partial charge < -0.3 is 14.5 Å². The summed E-state index contributed by atoms with van der Waals surface area (Å²) in [6.07, 6.45) is 0.593. The van der Waals surface area contributed by atoms with Crippen molar-refractivity contribution in [3.8, 4) is 0 Å². The number of hydrogen-bond acceptors (Lipinski definition) is 5. The maximum absolute atomic E-state index is 12.6. The van der Waals surface area contributed by atoms with Crippen LogP contribution < -0.4 is 4.90 Å². The van der Waals surface area contributed by atoms with Gasteiger partial charge in [0.1, 0.15) is 0 Å². The molecule has 0 saturated carbocycles. The quantitative estimate of drug-likeness (QED) is 0.676. The van der Waals surface area contributed by atoms with E-state index in [0.717, 1.165) is 71.1 Å². The highest BCUT2D eigenvalue weighted by atomic mass is 16.5. The van der Waals surface area contributed by atoms with Crippen molar-refractivity contribution < 1.29 is 9.53 Å². The molecule has 5 heteroatoms. The van der Waals surface area contributed by atoms with Crippen molar-refractivity contribution in [1.29, 1.82) is 0 Å². The minimum absolute atomic E-state index is 0.241. The smallest absolute Gasteiger partial charge is 0.164 e. The fourth-order valence-electron chi connectivity index (χ4n) is 4.10. The number of ether oxygens (including phenoxy) is 1. The summed E-state index contributed by atoms with van der Waals surface area (Å²) in [6.45, 7) is 9.47. The van der Waals surface area contributed by atoms with E-state index < -0.39 is 0 Å². The molecule has 2 aliphatic rings. The lowest BCUT2D eigenvalue weighted by atomic mass is 10.1. The summed E-state index contributed by atoms with van der Waals surface area (Å²) in [4.78, 5) is 19.8. The van der Waals surface area contributed by atoms with E-state index in [1.165, 1.54) is 11.3 Å². The summed E-state index contributed by atoms with van der Waals surface area (Å²) in [5, 5.41) is 0. The zero-order chi connectivity index (χ0) is 19.9. The number of Topliss-reactive ketones (excluding diaryl/α,β-unsaturated/α-hetero) is 1. The Kier molecular flexibility index (Phi) is 6.93. The Morgan fingerprint density at radius 1 is 0.793 bits per heavy atom. The van der Waals surface area contributed by atoms with E-state index in [9.17, 15) is 4.79 Å². The average Bonchev–Trinajstić information content (AvgIpc) is 2.80. The molecule has 0 aliphatic carbocycles. The van der Waals surface area contributed by atoms with Crippen molar-refractivity contribution in [2.24, 2.45) is 0 Å². The molecule has 5 nitrogen and oxygen atoms in total. The number of carbonyl (C=O) groups is 1. The number of ketones is 1. The second kappa shape index (κ2) is 10.0. The normalized spacial score (nSPS) is 18.7. The largest absolute Gasteiger partial charge is 0.378 e. The predicted octanol–water partition coefficient (Wildman–Crippen LogP) is 2.91. The summed E-state index contributed by atoms with van der Waals surface area (Å²) in [6, 6.07) is 18.7. The highest BCUT2D eigenvalue weighted by Crippen LogP contribution is 2.18. The van der Waals surface area contributed by atoms with Gasteiger partial charge in [-0.1, -0.05) is 30.3 Å². The van der Waals surface area contributed by atoms with Crippen molar-refractivity contribution in [3.63, 3.8) is 0 Å². The lowest BCUT2D eigenvalue weighted by molar-refractivity contribution is 0.0922. The molecule has 0 unspecified atom stereocenters. The van der Waals surface area contributed by atoms with Gasteiger partial charge in [-0.15, -0.1) is 0 Å². The molecule has 2 aromatic rings. The number of benzene rings is 2. The topological polar surface area (TPSA) is 36.0 Å². The van der Waals surface area contributed by atoms with Crippen molar-refractivity contribution in [2.45, 2.75) is 13.0 Å². The van der Waals surface area contributed by atoms with Crippen LogP contribution in [0.5, 0.6) is 0 Å². The third-order valence-electron chi connectivity index (χ3n) is 5.93. The summed E-state index contributed by atoms with van der Waals surface area (Å²) >= 11 is 0. The van der Waals surface area contributed by atoms with Gasteiger partial charge in [0.05, 0.1) is 13.2 Å². The van der Waals surface area contributed by atoms with E-state index in [1.54, 1.807) is 0 Å². The molecule has 0 aromatic heterocycles. The highest BCUT2D eigenvalue weighted by molar-refractivity contribution is 5.96. The molecular formula is C24H31N3O2. The van der Waals surface area contributed by atoms with Crippen LogP contribution in [-0.2, 0) is 11.3 Å². The Balaban J connectivity index is 1.20. The molecule has 2 fully saturated rings. The van der Waals surface area contributed by atoms with Crippen LogP contribution in [-0.4, -0.2) is 74.6 Å². The molecule has 2 aromatic carbocycles. The van der Waals surface area contributed by atoms with Gasteiger partial charge in [0.15, 0.2) is 5.78 Å². The van der Waals surface area contributed by atoms with Gasteiger partial charge in [-0.3, -0.25) is 9.69 Å². The van der Waals surface area contributed by atoms with Crippen LogP contribution in [0.4, 0.5) is 5.69 Å². The average molecular weight is 394 g/mol. The maximum atomic E-state index is 12.6. The number of anilines is 1. The third-order valence-corrected chi connectivity index (χ3v) is 5.93. The second-order valence-corrected chi connectivity index (χ2v) is 7.92. The molecule has 0 amide bonds. The molecule has 0 atom stereocenters. The zero-order valence-electron chi connectivity index (χ0n) is 17.1. The van der Waals surface area contributed by atoms with Gasteiger partial charge in [0, 0.05) is 70.0 Å². The fourth-order valence-corrected chi connectivity index (χ4v) is 4.10. The maximum Gasteiger partial charge on any atom is 0.164 e. The van der Waals surface area contributed by atoms with Crippen LogP contribution in [0.1, 0.15) is 22.3 Å². The minimum Gasteiger partial charge on any atom is -0.378 e. The monoisotopic (exact) mass is 393 g/mol. The van der Waals surface area contributed by atoms with Crippen LogP contribution >= 0.6 is 0 Å². The van der Waals surface area contributed by atoms with Crippen molar-refractivity contribution >= 4 is 11.5 Å². The van der Waals surface area contributed by atoms with E-state index in [0.29, 0.717) is 6.42 Å². The lowest BCUT2D eigenvalue weighted by Gasteiger charge is -2.34. The predicted molar refractivity (Wildman–Crippen MR) is 117 cm³/mol. The lowest BCUT2D eigenvalue weighted by Crippen LogP contribution is -2.46. The summed E-state index contributed by atoms with van der Waals surface area (Å²) < 4.78 is 5.41. The molecule has 4 rings (SSSR count). The number of hydrogen-bond donors (Lipinski definition) is 0. The Bertz CT molecular complexity index is 764. The molecule has 2 heterocycles. The molecule has 154 valence electrons. The Labute approximate surface area is 173 Å². The SMILES string of the molecule is O=C(CCN1CCN(Cc2ccccc2)CC1)c1ccc(N2CCOCC2)cc1. The number of rotatable bonds is 7. The summed E-state index contributed by atoms with van der Waals surface area (Å²) in [7, 11) is 0. The first-order valence-corrected chi connectivity index (χ1v) is 10.7. The molecular weight excluding hydrogens is 362 g/mol. The zero-order valence-corrected chi connectivity index (χ0v) is 17.1. The minimum atomic E-state index is 0.241. The fraction of sp³-hybridized carbons (Fsp3) is 0.458. The first kappa shape index (κ1) is 20.1. The Hall–Kier alpha value is -2.21. The molecule has 0 N–H and O–H groups in total. The number of nitrogens with zero attached hydrogens (tertiary/aromatic N) is 3. The van der Waals surface area contributed by atoms with Crippen LogP contribution in [0.15, 0.2) is 54.6 Å². The van der Waals surface area contributed by atoms with Crippen LogP contribution in [0, 0.1) is 0 Å². The van der Waals surface area contributed by atoms with Gasteiger partial charge in [0.2, 0.25) is 0 Å². The second-order valence-electron chi connectivity index (χ2n) is 7.92. The standard InChI is InChI=1S/C24H31N3O2/c28-24(22-6-8-23(9-7-22)27-16-18-29-19-17-27)10-11-25-12-14-26(15-13-25)20-21-4-2-1-3-5-21/h1-9H,10-20H2. The van der Waals surface area contributed by atoms with Gasteiger partial charge >= 0.3 is 0 Å². The third kappa shape index (κ3) is 5.66. The number of carbonyl (C=O) groups excluding carboxylic acids is 1. The van der Waals surface area contributed by atoms with E-state index in [2.05, 4.69) is 57.2 Å². The van der Waals surface area contributed by atoms with Crippen LogP contribution in [0.25, 0.3) is 0 Å². The molecule has 29 heavy (non-hydrogen) atoms. The van der Waals surface area contributed by atoms with Gasteiger partial charge in [-0.25, -0.2) is 0 Å². The molecule has 0 spiro atoms. The van der Waals surface area contributed by atoms with E-state index in [4.69, 9.17) is 4.74 Å². The Morgan fingerprint density at radius 3 is 2.14 bits per heavy atom. The van der Waals surface area contributed by atoms with E-state index in [-0.39, 0.29) is 5.78 Å². The first-order chi connectivity index (χ1) is 14.3. The summed E-state index contributed by atoms with van der Waals surface area (Å²) in [5.41, 5.74) is 3.38. The highest BCUT2D eigenvalue weighted by Gasteiger charge is 2.18. The molecule has 0 bridgehead atoms. The van der Waals surface area contributed by atoms with Crippen LogP contribution in [0.2, 0.25) is 0 Å². The van der Waals surface area contributed by atoms with E-state index >= 15 is 0 Å². The Morgan fingerprint density at radius 2 is 1.45 bits per heavy atom. The number of morpholine rings is 1. The van der Waals surface area contributed by atoms with Crippen LogP contribution in [0.3, 0.4) is 0 Å². The van der Waals surface area contributed by atoms with Crippen molar-refractivity contribution in [1.82, 2.24) is 9.80 Å². The van der Waals surface area contributed by atoms with Crippen molar-refractivity contribution in [2.75, 3.05) is 63.9 Å². The molecule has 2 aliphatic heterocycles. The van der Waals surface area contributed by atoms with E-state index in [1.807, 2.05) is 12.1 Å². The van der Waals surface area contributed by atoms with Gasteiger partial charge in [-0.05, 0) is 29.8 Å². The summed E-state index contributed by atoms with van der Waals surface area (Å²) in [5.74, 6) is 0.241. The molecule has 0 radical (unpaired) electrons. The van der Waals surface area contributed by atoms with Crippen molar-refractivity contribution in [3.05, 3.63) is 65.7 Å². The first-order valence-electron chi connectivity index (χ1n) is 10.7. The molecule has 2 saturated heterocycles.